The van der Waals surface area contributed by atoms with E-state index in [1.807, 2.05) is 53.9 Å². The molecule has 4 aromatic heterocycles. The molecular weight excluding hydrogens is 446 g/mol. The number of furan rings is 1. The highest BCUT2D eigenvalue weighted by Crippen LogP contribution is 2.24. The zero-order valence-electron chi connectivity index (χ0n) is 13.6. The van der Waals surface area contributed by atoms with E-state index in [1.165, 1.54) is 15.9 Å². The van der Waals surface area contributed by atoms with Crippen molar-refractivity contribution in [2.24, 2.45) is 0 Å². The van der Waals surface area contributed by atoms with Crippen LogP contribution in [-0.2, 0) is 0 Å². The summed E-state index contributed by atoms with van der Waals surface area (Å²) in [5.74, 6) is 1.95. The van der Waals surface area contributed by atoms with Crippen molar-refractivity contribution in [2.45, 2.75) is 0 Å². The van der Waals surface area contributed by atoms with Crippen LogP contribution in [0.5, 0.6) is 0 Å². The van der Waals surface area contributed by atoms with Crippen molar-refractivity contribution in [3.63, 3.8) is 0 Å². The van der Waals surface area contributed by atoms with Gasteiger partial charge < -0.3 is 4.42 Å². The average molecular weight is 456 g/mol. The minimum absolute atomic E-state index is 0.188. The standard InChI is InChI=1S/C19H10BrN3O2S2/c20-12-5-3-11(4-6-12)14-8-7-13(25-14)10-16-18(24)23-19(27-16)21-17(22-23)15-2-1-9-26-15/h1-10H. The van der Waals surface area contributed by atoms with Crippen LogP contribution in [0.2, 0.25) is 0 Å². The van der Waals surface area contributed by atoms with Crippen LogP contribution in [0, 0.1) is 0 Å². The van der Waals surface area contributed by atoms with Crippen LogP contribution < -0.4 is 10.1 Å². The Balaban J connectivity index is 1.53. The molecule has 0 saturated carbocycles. The third kappa shape index (κ3) is 3.05. The summed E-state index contributed by atoms with van der Waals surface area (Å²) in [5.41, 5.74) is 0.787. The summed E-state index contributed by atoms with van der Waals surface area (Å²) in [7, 11) is 0. The third-order valence-electron chi connectivity index (χ3n) is 3.95. The minimum Gasteiger partial charge on any atom is -0.457 e. The maximum Gasteiger partial charge on any atom is 0.291 e. The van der Waals surface area contributed by atoms with Gasteiger partial charge in [0, 0.05) is 16.1 Å². The molecule has 0 aliphatic heterocycles. The monoisotopic (exact) mass is 455 g/mol. The fourth-order valence-corrected chi connectivity index (χ4v) is 4.48. The Hall–Kier alpha value is -2.55. The molecule has 0 saturated heterocycles. The van der Waals surface area contributed by atoms with Gasteiger partial charge in [-0.15, -0.1) is 16.4 Å². The molecule has 5 nitrogen and oxygen atoms in total. The Morgan fingerprint density at radius 1 is 1.11 bits per heavy atom. The maximum atomic E-state index is 12.6. The van der Waals surface area contributed by atoms with Gasteiger partial charge in [-0.2, -0.15) is 9.50 Å². The SMILES string of the molecule is O=c1c(=Cc2ccc(-c3ccc(Br)cc3)o2)sc2nc(-c3cccs3)nn12. The number of thiophene rings is 1. The Morgan fingerprint density at radius 2 is 1.96 bits per heavy atom. The molecule has 0 amide bonds. The first kappa shape index (κ1) is 16.6. The summed E-state index contributed by atoms with van der Waals surface area (Å²) in [6, 6.07) is 15.5. The molecule has 5 rings (SSSR count). The predicted molar refractivity (Wildman–Crippen MR) is 111 cm³/mol. The Labute approximate surface area is 169 Å². The summed E-state index contributed by atoms with van der Waals surface area (Å²) in [5, 5.41) is 6.30. The predicted octanol–water partition coefficient (Wildman–Crippen LogP) is 4.45. The second kappa shape index (κ2) is 6.56. The van der Waals surface area contributed by atoms with Crippen molar-refractivity contribution >= 4 is 49.6 Å². The Morgan fingerprint density at radius 3 is 2.70 bits per heavy atom. The first-order valence-corrected chi connectivity index (χ1v) is 10.5. The van der Waals surface area contributed by atoms with Crippen LogP contribution >= 0.6 is 38.6 Å². The number of nitrogens with zero attached hydrogens (tertiary/aromatic N) is 3. The molecule has 0 radical (unpaired) electrons. The minimum atomic E-state index is -0.188. The number of aromatic nitrogens is 3. The van der Waals surface area contributed by atoms with Gasteiger partial charge in [-0.05, 0) is 35.7 Å². The van der Waals surface area contributed by atoms with Crippen LogP contribution in [0.25, 0.3) is 33.1 Å². The van der Waals surface area contributed by atoms with Crippen LogP contribution in [0.1, 0.15) is 5.76 Å². The van der Waals surface area contributed by atoms with E-state index in [9.17, 15) is 4.79 Å². The van der Waals surface area contributed by atoms with Gasteiger partial charge in [0.1, 0.15) is 16.1 Å². The van der Waals surface area contributed by atoms with Gasteiger partial charge in [-0.3, -0.25) is 4.79 Å². The molecule has 0 unspecified atom stereocenters. The van der Waals surface area contributed by atoms with E-state index in [2.05, 4.69) is 26.0 Å². The topological polar surface area (TPSA) is 60.4 Å². The molecule has 8 heteroatoms. The normalized spacial score (nSPS) is 12.3. The number of fused-ring (bicyclic) bond motifs is 1. The summed E-state index contributed by atoms with van der Waals surface area (Å²) in [6.45, 7) is 0. The molecule has 0 fully saturated rings. The van der Waals surface area contributed by atoms with Crippen molar-refractivity contribution in [2.75, 3.05) is 0 Å². The lowest BCUT2D eigenvalue weighted by molar-refractivity contribution is 0.571. The van der Waals surface area contributed by atoms with E-state index in [0.717, 1.165) is 20.7 Å². The zero-order chi connectivity index (χ0) is 18.4. The van der Waals surface area contributed by atoms with E-state index in [4.69, 9.17) is 4.42 Å². The van der Waals surface area contributed by atoms with Crippen LogP contribution in [0.15, 0.2) is 67.6 Å². The van der Waals surface area contributed by atoms with Gasteiger partial charge in [0.2, 0.25) is 4.96 Å². The van der Waals surface area contributed by atoms with Crippen molar-refractivity contribution in [3.8, 4) is 22.0 Å². The number of rotatable bonds is 3. The van der Waals surface area contributed by atoms with Gasteiger partial charge in [0.05, 0.1) is 4.88 Å². The fraction of sp³-hybridized carbons (Fsp3) is 0. The summed E-state index contributed by atoms with van der Waals surface area (Å²) < 4.78 is 8.78. The van der Waals surface area contributed by atoms with Crippen molar-refractivity contribution < 1.29 is 4.42 Å². The molecular formula is C19H10BrN3O2S2. The zero-order valence-corrected chi connectivity index (χ0v) is 16.8. The van der Waals surface area contributed by atoms with E-state index < -0.39 is 0 Å². The number of benzene rings is 1. The highest BCUT2D eigenvalue weighted by Gasteiger charge is 2.13. The van der Waals surface area contributed by atoms with Gasteiger partial charge in [-0.1, -0.05) is 45.5 Å². The van der Waals surface area contributed by atoms with Gasteiger partial charge >= 0.3 is 0 Å². The highest BCUT2D eigenvalue weighted by atomic mass is 79.9. The van der Waals surface area contributed by atoms with E-state index in [1.54, 1.807) is 17.4 Å². The molecule has 5 aromatic rings. The lowest BCUT2D eigenvalue weighted by Crippen LogP contribution is -2.23. The number of halogens is 1. The molecule has 0 aliphatic rings. The third-order valence-corrected chi connectivity index (χ3v) is 6.31. The summed E-state index contributed by atoms with van der Waals surface area (Å²) in [4.78, 5) is 18.6. The van der Waals surface area contributed by atoms with E-state index >= 15 is 0 Å². The van der Waals surface area contributed by atoms with E-state index in [-0.39, 0.29) is 5.56 Å². The number of thiazole rings is 1. The molecule has 132 valence electrons. The summed E-state index contributed by atoms with van der Waals surface area (Å²) in [6.07, 6.45) is 1.73. The largest absolute Gasteiger partial charge is 0.457 e. The van der Waals surface area contributed by atoms with Crippen LogP contribution in [0.3, 0.4) is 0 Å². The second-order valence-corrected chi connectivity index (χ2v) is 8.60. The molecule has 0 spiro atoms. The lowest BCUT2D eigenvalue weighted by atomic mass is 10.2. The fourth-order valence-electron chi connectivity index (χ4n) is 2.67. The first-order chi connectivity index (χ1) is 13.2. The quantitative estimate of drug-likeness (QED) is 0.403. The second-order valence-electron chi connectivity index (χ2n) is 5.73. The molecule has 4 heterocycles. The molecule has 0 atom stereocenters. The van der Waals surface area contributed by atoms with E-state index in [0.29, 0.717) is 21.1 Å². The van der Waals surface area contributed by atoms with Gasteiger partial charge in [0.25, 0.3) is 5.56 Å². The van der Waals surface area contributed by atoms with Crippen LogP contribution in [-0.4, -0.2) is 14.6 Å². The molecule has 0 N–H and O–H groups in total. The molecule has 1 aromatic carbocycles. The van der Waals surface area contributed by atoms with Crippen molar-refractivity contribution in [1.29, 1.82) is 0 Å². The van der Waals surface area contributed by atoms with Crippen molar-refractivity contribution in [3.05, 3.63) is 79.0 Å². The maximum absolute atomic E-state index is 12.6. The first-order valence-electron chi connectivity index (χ1n) is 7.98. The average Bonchev–Trinajstić information content (AvgIpc) is 3.43. The number of hydrogen-bond donors (Lipinski definition) is 0. The highest BCUT2D eigenvalue weighted by molar-refractivity contribution is 9.10. The number of hydrogen-bond acceptors (Lipinski definition) is 6. The molecule has 0 bridgehead atoms. The molecule has 0 aliphatic carbocycles. The summed E-state index contributed by atoms with van der Waals surface area (Å²) >= 11 is 6.27. The smallest absolute Gasteiger partial charge is 0.291 e. The van der Waals surface area contributed by atoms with Gasteiger partial charge in [-0.25, -0.2) is 0 Å². The molecule has 27 heavy (non-hydrogen) atoms. The van der Waals surface area contributed by atoms with Crippen LogP contribution in [0.4, 0.5) is 0 Å². The lowest BCUT2D eigenvalue weighted by Gasteiger charge is -1.96. The Bertz CT molecular complexity index is 1350. The van der Waals surface area contributed by atoms with Crippen molar-refractivity contribution in [1.82, 2.24) is 14.6 Å². The Kier molecular flexibility index (Phi) is 4.04. The van der Waals surface area contributed by atoms with Gasteiger partial charge in [0.15, 0.2) is 5.82 Å².